The number of hydrogen-bond donors (Lipinski definition) is 3. The predicted molar refractivity (Wildman–Crippen MR) is 112 cm³/mol. The van der Waals surface area contributed by atoms with Gasteiger partial charge in [0.2, 0.25) is 5.16 Å². The molecule has 1 aliphatic heterocycles. The number of phenolic OH excluding ortho intramolecular Hbond substituents is 1. The van der Waals surface area contributed by atoms with Gasteiger partial charge >= 0.3 is 11.3 Å². The van der Waals surface area contributed by atoms with Crippen LogP contribution in [0.15, 0.2) is 65.1 Å². The minimum Gasteiger partial charge on any atom is -0.504 e. The van der Waals surface area contributed by atoms with Crippen molar-refractivity contribution in [2.45, 2.75) is 18.2 Å². The molecule has 0 unspecified atom stereocenters. The van der Waals surface area contributed by atoms with E-state index in [2.05, 4.69) is 22.0 Å². The number of H-pyrrole nitrogens is 1. The summed E-state index contributed by atoms with van der Waals surface area (Å²) in [7, 11) is 0. The first-order chi connectivity index (χ1) is 14.1. The molecule has 0 saturated carbocycles. The fraction of sp³-hybridized carbons (Fsp3) is 0.190. The fourth-order valence-electron chi connectivity index (χ4n) is 3.29. The number of nitrogens with one attached hydrogen (secondary N) is 2. The average Bonchev–Trinajstić information content (AvgIpc) is 2.73. The molecule has 2 aromatic carbocycles. The van der Waals surface area contributed by atoms with Crippen LogP contribution in [0.4, 0.5) is 5.69 Å². The van der Waals surface area contributed by atoms with Gasteiger partial charge in [-0.05, 0) is 41.9 Å². The summed E-state index contributed by atoms with van der Waals surface area (Å²) >= 11 is 1.40. The van der Waals surface area contributed by atoms with Crippen molar-refractivity contribution in [3.63, 3.8) is 0 Å². The molecular formula is C21H21N4O3S+. The minimum absolute atomic E-state index is 0.0677. The van der Waals surface area contributed by atoms with Crippen LogP contribution >= 0.6 is 11.8 Å². The van der Waals surface area contributed by atoms with Gasteiger partial charge in [-0.15, -0.1) is 6.58 Å². The van der Waals surface area contributed by atoms with Crippen LogP contribution in [0.25, 0.3) is 11.3 Å². The molecule has 3 aromatic rings. The second-order valence-electron chi connectivity index (χ2n) is 6.40. The van der Waals surface area contributed by atoms with Gasteiger partial charge in [0.05, 0.1) is 17.9 Å². The summed E-state index contributed by atoms with van der Waals surface area (Å²) in [4.78, 5) is 15.8. The van der Waals surface area contributed by atoms with Gasteiger partial charge in [-0.3, -0.25) is 9.78 Å². The van der Waals surface area contributed by atoms with Gasteiger partial charge < -0.3 is 15.2 Å². The number of aromatic amines is 1. The lowest BCUT2D eigenvalue weighted by Gasteiger charge is -2.22. The van der Waals surface area contributed by atoms with Gasteiger partial charge in [0.15, 0.2) is 11.5 Å². The maximum atomic E-state index is 13.0. The molecule has 8 heteroatoms. The lowest BCUT2D eigenvalue weighted by molar-refractivity contribution is -0.759. The summed E-state index contributed by atoms with van der Waals surface area (Å²) in [5.41, 5.74) is 2.68. The number of hydrogen-bond acceptors (Lipinski definition) is 6. The molecule has 3 N–H and O–H groups in total. The largest absolute Gasteiger partial charge is 0.504 e. The molecule has 0 aliphatic carbocycles. The maximum Gasteiger partial charge on any atom is 0.325 e. The Hall–Kier alpha value is -3.26. The van der Waals surface area contributed by atoms with Crippen LogP contribution in [0, 0.1) is 0 Å². The number of ether oxygens (including phenoxy) is 1. The number of aromatic nitrogens is 3. The monoisotopic (exact) mass is 409 g/mol. The Bertz CT molecular complexity index is 1130. The third-order valence-corrected chi connectivity index (χ3v) is 5.38. The van der Waals surface area contributed by atoms with Crippen molar-refractivity contribution in [1.82, 2.24) is 10.1 Å². The molecule has 0 bridgehead atoms. The molecule has 148 valence electrons. The highest BCUT2D eigenvalue weighted by Gasteiger charge is 2.37. The van der Waals surface area contributed by atoms with Crippen molar-refractivity contribution in [3.05, 3.63) is 71.0 Å². The molecule has 0 radical (unpaired) electrons. The number of nitrogens with zero attached hydrogens (tertiary/aromatic N) is 2. The van der Waals surface area contributed by atoms with Crippen LogP contribution in [0.1, 0.15) is 18.7 Å². The van der Waals surface area contributed by atoms with Crippen molar-refractivity contribution in [2.75, 3.05) is 17.7 Å². The second-order valence-corrected chi connectivity index (χ2v) is 7.41. The van der Waals surface area contributed by atoms with Crippen LogP contribution in [0.3, 0.4) is 0 Å². The standard InChI is InChI=1S/C21H20N4O3S/c1-3-11-29-21-23-20(27)18-14-7-5-6-8-15(14)22-19(25(18)24-21)13-9-10-16(26)17(12-13)28-4-2/h3,5-10,12,19H,1,4,11H2,2H3,(H2,23,24,26,27)/p+1/t19-/m1/s1. The Morgan fingerprint density at radius 2 is 2.17 bits per heavy atom. The van der Waals surface area contributed by atoms with Gasteiger partial charge in [-0.2, -0.15) is 0 Å². The van der Waals surface area contributed by atoms with E-state index in [1.807, 2.05) is 31.2 Å². The maximum absolute atomic E-state index is 13.0. The van der Waals surface area contributed by atoms with E-state index >= 15 is 0 Å². The second kappa shape index (κ2) is 8.00. The van der Waals surface area contributed by atoms with Crippen LogP contribution in [-0.2, 0) is 0 Å². The van der Waals surface area contributed by atoms with E-state index < -0.39 is 6.17 Å². The molecule has 1 aromatic heterocycles. The van der Waals surface area contributed by atoms with E-state index in [9.17, 15) is 9.90 Å². The number of benzene rings is 2. The Kier molecular flexibility index (Phi) is 5.26. The van der Waals surface area contributed by atoms with E-state index in [4.69, 9.17) is 4.74 Å². The molecular weight excluding hydrogens is 388 g/mol. The lowest BCUT2D eigenvalue weighted by atomic mass is 10.0. The topological polar surface area (TPSA) is 91.1 Å². The normalized spacial score (nSPS) is 14.4. The van der Waals surface area contributed by atoms with E-state index in [1.54, 1.807) is 29.0 Å². The van der Waals surface area contributed by atoms with Gasteiger partial charge in [0.1, 0.15) is 0 Å². The number of aromatic hydroxyl groups is 1. The summed E-state index contributed by atoms with van der Waals surface area (Å²) in [6.45, 7) is 6.01. The highest BCUT2D eigenvalue weighted by Crippen LogP contribution is 2.34. The molecule has 0 amide bonds. The molecule has 29 heavy (non-hydrogen) atoms. The SMILES string of the molecule is C=CCSc1n[n+]2c(c(=O)[nH]1)-c1ccccc1N[C@H]2c1ccc(O)c(OCC)c1. The van der Waals surface area contributed by atoms with Crippen molar-refractivity contribution >= 4 is 17.4 Å². The number of para-hydroxylation sites is 1. The highest BCUT2D eigenvalue weighted by molar-refractivity contribution is 7.99. The van der Waals surface area contributed by atoms with Gasteiger partial charge in [-0.25, -0.2) is 0 Å². The molecule has 1 aliphatic rings. The van der Waals surface area contributed by atoms with Gasteiger partial charge in [-0.1, -0.05) is 30.0 Å². The van der Waals surface area contributed by atoms with E-state index in [0.717, 1.165) is 16.8 Å². The first kappa shape index (κ1) is 19.1. The molecule has 7 nitrogen and oxygen atoms in total. The van der Waals surface area contributed by atoms with Crippen LogP contribution < -0.4 is 20.3 Å². The molecule has 4 rings (SSSR count). The number of thioether (sulfide) groups is 1. The van der Waals surface area contributed by atoms with Crippen LogP contribution in [-0.4, -0.2) is 27.5 Å². The third kappa shape index (κ3) is 3.58. The summed E-state index contributed by atoms with van der Waals surface area (Å²) in [5.74, 6) is 1.09. The summed E-state index contributed by atoms with van der Waals surface area (Å²) in [6.07, 6.45) is 1.32. The molecule has 2 heterocycles. The zero-order valence-corrected chi connectivity index (χ0v) is 16.7. The summed E-state index contributed by atoms with van der Waals surface area (Å²) < 4.78 is 7.22. The Morgan fingerprint density at radius 1 is 1.34 bits per heavy atom. The highest BCUT2D eigenvalue weighted by atomic mass is 32.2. The molecule has 0 fully saturated rings. The number of phenols is 1. The number of anilines is 1. The minimum atomic E-state index is -0.440. The molecule has 1 atom stereocenters. The summed E-state index contributed by atoms with van der Waals surface area (Å²) in [6, 6.07) is 12.8. The predicted octanol–water partition coefficient (Wildman–Crippen LogP) is 3.08. The van der Waals surface area contributed by atoms with E-state index in [-0.39, 0.29) is 11.3 Å². The Morgan fingerprint density at radius 3 is 2.97 bits per heavy atom. The summed E-state index contributed by atoms with van der Waals surface area (Å²) in [5, 5.41) is 18.7. The van der Waals surface area contributed by atoms with Crippen molar-refractivity contribution in [3.8, 4) is 22.8 Å². The fourth-order valence-corrected chi connectivity index (χ4v) is 3.88. The zero-order valence-electron chi connectivity index (χ0n) is 15.9. The van der Waals surface area contributed by atoms with Crippen molar-refractivity contribution < 1.29 is 14.5 Å². The Labute approximate surface area is 172 Å². The van der Waals surface area contributed by atoms with Crippen LogP contribution in [0.2, 0.25) is 0 Å². The van der Waals surface area contributed by atoms with Crippen molar-refractivity contribution in [1.29, 1.82) is 0 Å². The smallest absolute Gasteiger partial charge is 0.325 e. The first-order valence-corrected chi connectivity index (χ1v) is 10.2. The lowest BCUT2D eigenvalue weighted by Crippen LogP contribution is -2.55. The van der Waals surface area contributed by atoms with Crippen LogP contribution in [0.5, 0.6) is 11.5 Å². The van der Waals surface area contributed by atoms with E-state index in [1.165, 1.54) is 11.8 Å². The average molecular weight is 409 g/mol. The van der Waals surface area contributed by atoms with Crippen molar-refractivity contribution in [2.24, 2.45) is 0 Å². The number of rotatable bonds is 6. The third-order valence-electron chi connectivity index (χ3n) is 4.52. The van der Waals surface area contributed by atoms with Gasteiger partial charge in [0.25, 0.3) is 6.17 Å². The Balaban J connectivity index is 1.89. The van der Waals surface area contributed by atoms with E-state index in [0.29, 0.717) is 29.0 Å². The number of fused-ring (bicyclic) bond motifs is 3. The zero-order chi connectivity index (χ0) is 20.4. The molecule has 0 saturated heterocycles. The first-order valence-electron chi connectivity index (χ1n) is 9.24. The quantitative estimate of drug-likeness (QED) is 0.329. The van der Waals surface area contributed by atoms with Gasteiger partial charge in [0, 0.05) is 16.4 Å². The molecule has 0 spiro atoms.